The van der Waals surface area contributed by atoms with E-state index in [2.05, 4.69) is 15.3 Å². The lowest BCUT2D eigenvalue weighted by Gasteiger charge is -2.30. The molecule has 31 heavy (non-hydrogen) atoms. The SMILES string of the molecule is NC(=O)C1CC(C(=O)Nc2cc(F)ccc2N2CCCCC2)=NN1c1ccc(F)cc1. The summed E-state index contributed by atoms with van der Waals surface area (Å²) in [4.78, 5) is 27.0. The van der Waals surface area contributed by atoms with Crippen molar-refractivity contribution in [1.82, 2.24) is 0 Å². The van der Waals surface area contributed by atoms with E-state index in [9.17, 15) is 18.4 Å². The van der Waals surface area contributed by atoms with E-state index < -0.39 is 29.5 Å². The number of nitrogens with one attached hydrogen (secondary N) is 1. The first-order valence-electron chi connectivity index (χ1n) is 10.2. The van der Waals surface area contributed by atoms with Gasteiger partial charge in [-0.1, -0.05) is 0 Å². The van der Waals surface area contributed by atoms with Crippen LogP contribution >= 0.6 is 0 Å². The lowest BCUT2D eigenvalue weighted by molar-refractivity contribution is -0.119. The molecule has 2 aromatic rings. The number of hydrazone groups is 1. The van der Waals surface area contributed by atoms with E-state index in [1.807, 2.05) is 0 Å². The fraction of sp³-hybridized carbons (Fsp3) is 0.318. The molecular formula is C22H23F2N5O2. The minimum atomic E-state index is -0.875. The Balaban J connectivity index is 1.58. The summed E-state index contributed by atoms with van der Waals surface area (Å²) in [5.74, 6) is -2.10. The van der Waals surface area contributed by atoms with Gasteiger partial charge in [-0.3, -0.25) is 14.6 Å². The summed E-state index contributed by atoms with van der Waals surface area (Å²) in [6.07, 6.45) is 3.20. The van der Waals surface area contributed by atoms with Crippen LogP contribution in [-0.2, 0) is 9.59 Å². The van der Waals surface area contributed by atoms with Gasteiger partial charge in [-0.25, -0.2) is 8.78 Å². The van der Waals surface area contributed by atoms with Gasteiger partial charge in [0.1, 0.15) is 23.4 Å². The van der Waals surface area contributed by atoms with Crippen LogP contribution in [0.5, 0.6) is 0 Å². The maximum atomic E-state index is 13.9. The smallest absolute Gasteiger partial charge is 0.272 e. The van der Waals surface area contributed by atoms with Crippen LogP contribution in [0.3, 0.4) is 0 Å². The van der Waals surface area contributed by atoms with E-state index in [0.29, 0.717) is 11.4 Å². The molecule has 2 aromatic carbocycles. The van der Waals surface area contributed by atoms with Crippen molar-refractivity contribution in [2.75, 3.05) is 28.3 Å². The molecule has 1 atom stereocenters. The second-order valence-electron chi connectivity index (χ2n) is 7.65. The van der Waals surface area contributed by atoms with E-state index in [1.165, 1.54) is 41.4 Å². The first-order chi connectivity index (χ1) is 14.9. The van der Waals surface area contributed by atoms with Crippen molar-refractivity contribution in [2.24, 2.45) is 10.8 Å². The van der Waals surface area contributed by atoms with Gasteiger partial charge in [-0.15, -0.1) is 0 Å². The third-order valence-corrected chi connectivity index (χ3v) is 5.50. The van der Waals surface area contributed by atoms with Gasteiger partial charge in [0.25, 0.3) is 5.91 Å². The van der Waals surface area contributed by atoms with Crippen molar-refractivity contribution in [1.29, 1.82) is 0 Å². The fourth-order valence-electron chi connectivity index (χ4n) is 3.91. The van der Waals surface area contributed by atoms with Crippen LogP contribution in [0.1, 0.15) is 25.7 Å². The van der Waals surface area contributed by atoms with Crippen LogP contribution in [0.25, 0.3) is 0 Å². The molecule has 0 aromatic heterocycles. The Morgan fingerprint density at radius 3 is 2.35 bits per heavy atom. The second kappa shape index (κ2) is 8.71. The fourth-order valence-corrected chi connectivity index (χ4v) is 3.91. The molecule has 1 unspecified atom stereocenters. The molecule has 162 valence electrons. The Bertz CT molecular complexity index is 1020. The van der Waals surface area contributed by atoms with Crippen molar-refractivity contribution in [3.8, 4) is 0 Å². The highest BCUT2D eigenvalue weighted by molar-refractivity contribution is 6.44. The Labute approximate surface area is 178 Å². The van der Waals surface area contributed by atoms with Crippen LogP contribution < -0.4 is 21.0 Å². The molecule has 1 saturated heterocycles. The van der Waals surface area contributed by atoms with Crippen molar-refractivity contribution in [2.45, 2.75) is 31.7 Å². The molecule has 1 fully saturated rings. The van der Waals surface area contributed by atoms with Crippen LogP contribution in [0.2, 0.25) is 0 Å². The highest BCUT2D eigenvalue weighted by atomic mass is 19.1. The maximum Gasteiger partial charge on any atom is 0.272 e. The predicted molar refractivity (Wildman–Crippen MR) is 115 cm³/mol. The summed E-state index contributed by atoms with van der Waals surface area (Å²) in [5.41, 5.74) is 7.12. The zero-order valence-electron chi connectivity index (χ0n) is 16.9. The third-order valence-electron chi connectivity index (χ3n) is 5.50. The molecule has 0 radical (unpaired) electrons. The number of benzene rings is 2. The first kappa shape index (κ1) is 20.8. The number of carbonyl (C=O) groups excluding carboxylic acids is 2. The number of piperidine rings is 1. The van der Waals surface area contributed by atoms with Gasteiger partial charge in [0.15, 0.2) is 0 Å². The Morgan fingerprint density at radius 2 is 1.68 bits per heavy atom. The van der Waals surface area contributed by atoms with Gasteiger partial charge in [-0.05, 0) is 61.7 Å². The van der Waals surface area contributed by atoms with Crippen LogP contribution in [0.4, 0.5) is 25.8 Å². The number of anilines is 3. The van der Waals surface area contributed by atoms with Gasteiger partial charge < -0.3 is 16.0 Å². The quantitative estimate of drug-likeness (QED) is 0.768. The third kappa shape index (κ3) is 4.50. The Kier molecular flexibility index (Phi) is 5.83. The normalized spacial score (nSPS) is 18.6. The summed E-state index contributed by atoms with van der Waals surface area (Å²) < 4.78 is 27.2. The molecule has 2 aliphatic rings. The highest BCUT2D eigenvalue weighted by Crippen LogP contribution is 2.30. The molecule has 2 heterocycles. The standard InChI is InChI=1S/C22H23F2N5O2/c23-14-4-7-16(8-5-14)29-20(21(25)30)13-18(27-29)22(31)26-17-12-15(24)6-9-19(17)28-10-2-1-3-11-28/h4-9,12,20H,1-3,10-11,13H2,(H2,25,30)(H,26,31). The Morgan fingerprint density at radius 1 is 1.00 bits per heavy atom. The molecule has 4 rings (SSSR count). The molecule has 7 nitrogen and oxygen atoms in total. The average Bonchev–Trinajstić information content (AvgIpc) is 3.21. The van der Waals surface area contributed by atoms with Crippen molar-refractivity contribution in [3.05, 3.63) is 54.1 Å². The zero-order chi connectivity index (χ0) is 22.0. The molecule has 0 bridgehead atoms. The first-order valence-corrected chi connectivity index (χ1v) is 10.2. The molecule has 2 amide bonds. The number of halogens is 2. The van der Waals surface area contributed by atoms with E-state index in [0.717, 1.165) is 38.0 Å². The highest BCUT2D eigenvalue weighted by Gasteiger charge is 2.35. The van der Waals surface area contributed by atoms with E-state index >= 15 is 0 Å². The summed E-state index contributed by atoms with van der Waals surface area (Å²) in [7, 11) is 0. The number of hydrogen-bond donors (Lipinski definition) is 2. The molecule has 2 aliphatic heterocycles. The monoisotopic (exact) mass is 427 g/mol. The molecular weight excluding hydrogens is 404 g/mol. The zero-order valence-corrected chi connectivity index (χ0v) is 16.9. The van der Waals surface area contributed by atoms with Crippen molar-refractivity contribution < 1.29 is 18.4 Å². The van der Waals surface area contributed by atoms with Crippen molar-refractivity contribution in [3.63, 3.8) is 0 Å². The largest absolute Gasteiger partial charge is 0.370 e. The minimum Gasteiger partial charge on any atom is -0.370 e. The van der Waals surface area contributed by atoms with E-state index in [-0.39, 0.29) is 12.1 Å². The summed E-state index contributed by atoms with van der Waals surface area (Å²) in [6.45, 7) is 1.66. The summed E-state index contributed by atoms with van der Waals surface area (Å²) >= 11 is 0. The number of rotatable bonds is 5. The predicted octanol–water partition coefficient (Wildman–Crippen LogP) is 3.01. The Hall–Kier alpha value is -3.49. The minimum absolute atomic E-state index is 0.00704. The van der Waals surface area contributed by atoms with E-state index in [1.54, 1.807) is 6.07 Å². The van der Waals surface area contributed by atoms with Crippen molar-refractivity contribution >= 4 is 34.6 Å². The summed E-state index contributed by atoms with van der Waals surface area (Å²) in [6, 6.07) is 8.81. The van der Waals surface area contributed by atoms with Crippen LogP contribution in [0.15, 0.2) is 47.6 Å². The van der Waals surface area contributed by atoms with Gasteiger partial charge in [0.2, 0.25) is 5.91 Å². The molecule has 3 N–H and O–H groups in total. The van der Waals surface area contributed by atoms with Gasteiger partial charge >= 0.3 is 0 Å². The van der Waals surface area contributed by atoms with Gasteiger partial charge in [0.05, 0.1) is 17.1 Å². The topological polar surface area (TPSA) is 91.0 Å². The average molecular weight is 427 g/mol. The number of carbonyl (C=O) groups is 2. The van der Waals surface area contributed by atoms with Gasteiger partial charge in [-0.2, -0.15) is 5.10 Å². The molecule has 0 spiro atoms. The van der Waals surface area contributed by atoms with Crippen LogP contribution in [-0.4, -0.2) is 36.7 Å². The lowest BCUT2D eigenvalue weighted by atomic mass is 10.1. The number of primary amides is 1. The number of amides is 2. The summed E-state index contributed by atoms with van der Waals surface area (Å²) in [5, 5.41) is 8.31. The molecule has 0 aliphatic carbocycles. The number of hydrogen-bond acceptors (Lipinski definition) is 5. The lowest BCUT2D eigenvalue weighted by Crippen LogP contribution is -2.39. The molecule has 9 heteroatoms. The van der Waals surface area contributed by atoms with Gasteiger partial charge in [0, 0.05) is 19.5 Å². The van der Waals surface area contributed by atoms with E-state index in [4.69, 9.17) is 5.73 Å². The maximum absolute atomic E-state index is 13.9. The molecule has 0 saturated carbocycles. The number of nitrogens with two attached hydrogens (primary N) is 1. The number of nitrogens with zero attached hydrogens (tertiary/aromatic N) is 3. The van der Waals surface area contributed by atoms with Crippen LogP contribution in [0, 0.1) is 11.6 Å². The second-order valence-corrected chi connectivity index (χ2v) is 7.65.